The molecule has 0 heterocycles. The van der Waals surface area contributed by atoms with E-state index < -0.39 is 0 Å². The number of halogens is 1. The number of hydrogen-bond acceptors (Lipinski definition) is 2. The molecule has 0 radical (unpaired) electrons. The summed E-state index contributed by atoms with van der Waals surface area (Å²) in [5, 5.41) is 2.86. The van der Waals surface area contributed by atoms with E-state index in [0.29, 0.717) is 25.2 Å². The molecule has 0 spiro atoms. The normalized spacial score (nSPS) is 10.2. The number of nitrogens with zero attached hydrogens (tertiary/aromatic N) is 1. The Kier molecular flexibility index (Phi) is 7.00. The van der Waals surface area contributed by atoms with Crippen LogP contribution in [-0.2, 0) is 11.2 Å². The Morgan fingerprint density at radius 1 is 1.00 bits per heavy atom. The Labute approximate surface area is 151 Å². The molecule has 4 nitrogen and oxygen atoms in total. The van der Waals surface area contributed by atoms with Crippen LogP contribution < -0.4 is 5.32 Å². The monoisotopic (exact) mass is 388 g/mol. The average Bonchev–Trinajstić information content (AvgIpc) is 2.58. The number of benzene rings is 2. The molecule has 0 bridgehead atoms. The predicted octanol–water partition coefficient (Wildman–Crippen LogP) is 3.27. The summed E-state index contributed by atoms with van der Waals surface area (Å²) >= 11 is 3.37. The maximum absolute atomic E-state index is 12.2. The molecule has 2 aromatic carbocycles. The maximum Gasteiger partial charge on any atom is 0.252 e. The molecular formula is C19H21BrN2O2. The van der Waals surface area contributed by atoms with Gasteiger partial charge in [0.05, 0.1) is 5.56 Å². The molecule has 0 saturated carbocycles. The van der Waals surface area contributed by atoms with Crippen LogP contribution in [0.25, 0.3) is 0 Å². The molecule has 0 atom stereocenters. The number of carbonyl (C=O) groups excluding carboxylic acids is 2. The Hall–Kier alpha value is -2.14. The lowest BCUT2D eigenvalue weighted by molar-refractivity contribution is -0.128. The number of carbonyl (C=O) groups is 2. The van der Waals surface area contributed by atoms with Gasteiger partial charge in [0.25, 0.3) is 5.91 Å². The first-order valence-corrected chi connectivity index (χ1v) is 8.69. The van der Waals surface area contributed by atoms with Gasteiger partial charge in [0.15, 0.2) is 0 Å². The summed E-state index contributed by atoms with van der Waals surface area (Å²) in [6, 6.07) is 17.3. The Morgan fingerprint density at radius 3 is 2.33 bits per heavy atom. The molecule has 0 saturated heterocycles. The minimum atomic E-state index is -0.144. The fourth-order valence-corrected chi connectivity index (χ4v) is 2.85. The standard InChI is InChI=1S/C19H21BrN2O2/c1-15(23)22(13-11-16-7-3-2-4-8-16)14-12-21-19(24)17-9-5-6-10-18(17)20/h2-10H,11-14H2,1H3,(H,21,24). The van der Waals surface area contributed by atoms with Crippen LogP contribution in [0.5, 0.6) is 0 Å². The first kappa shape index (κ1) is 18.2. The highest BCUT2D eigenvalue weighted by molar-refractivity contribution is 9.10. The largest absolute Gasteiger partial charge is 0.350 e. The SMILES string of the molecule is CC(=O)N(CCNC(=O)c1ccccc1Br)CCc1ccccc1. The van der Waals surface area contributed by atoms with Gasteiger partial charge in [-0.3, -0.25) is 9.59 Å². The zero-order valence-corrected chi connectivity index (χ0v) is 15.3. The third-order valence-corrected chi connectivity index (χ3v) is 4.44. The molecule has 0 aromatic heterocycles. The minimum absolute atomic E-state index is 0.0149. The second-order valence-electron chi connectivity index (χ2n) is 5.48. The van der Waals surface area contributed by atoms with E-state index >= 15 is 0 Å². The van der Waals surface area contributed by atoms with Crippen LogP contribution in [0, 0.1) is 0 Å². The molecule has 24 heavy (non-hydrogen) atoms. The van der Waals surface area contributed by atoms with Crippen LogP contribution in [0.4, 0.5) is 0 Å². The summed E-state index contributed by atoms with van der Waals surface area (Å²) in [4.78, 5) is 25.7. The van der Waals surface area contributed by atoms with Gasteiger partial charge in [0.2, 0.25) is 5.91 Å². The van der Waals surface area contributed by atoms with E-state index in [1.165, 1.54) is 5.56 Å². The molecule has 0 aliphatic rings. The lowest BCUT2D eigenvalue weighted by Crippen LogP contribution is -2.38. The van der Waals surface area contributed by atoms with Crippen molar-refractivity contribution in [3.8, 4) is 0 Å². The van der Waals surface area contributed by atoms with Gasteiger partial charge in [-0.1, -0.05) is 42.5 Å². The van der Waals surface area contributed by atoms with Crippen LogP contribution in [0.1, 0.15) is 22.8 Å². The number of hydrogen-bond donors (Lipinski definition) is 1. The summed E-state index contributed by atoms with van der Waals surface area (Å²) in [5.41, 5.74) is 1.79. The van der Waals surface area contributed by atoms with Crippen molar-refractivity contribution in [1.29, 1.82) is 0 Å². The summed E-state index contributed by atoms with van der Waals surface area (Å²) in [6.07, 6.45) is 0.804. The number of amides is 2. The second-order valence-corrected chi connectivity index (χ2v) is 6.33. The van der Waals surface area contributed by atoms with Crippen LogP contribution in [0.15, 0.2) is 59.1 Å². The van der Waals surface area contributed by atoms with E-state index in [2.05, 4.69) is 21.2 Å². The topological polar surface area (TPSA) is 49.4 Å². The molecule has 1 N–H and O–H groups in total. The van der Waals surface area contributed by atoms with E-state index in [1.54, 1.807) is 17.9 Å². The molecule has 5 heteroatoms. The number of rotatable bonds is 7. The van der Waals surface area contributed by atoms with Crippen molar-refractivity contribution in [2.24, 2.45) is 0 Å². The van der Waals surface area contributed by atoms with E-state index in [1.807, 2.05) is 48.5 Å². The minimum Gasteiger partial charge on any atom is -0.350 e. The van der Waals surface area contributed by atoms with E-state index in [-0.39, 0.29) is 11.8 Å². The van der Waals surface area contributed by atoms with Crippen molar-refractivity contribution >= 4 is 27.7 Å². The first-order chi connectivity index (χ1) is 11.6. The van der Waals surface area contributed by atoms with Crippen molar-refractivity contribution in [2.75, 3.05) is 19.6 Å². The predicted molar refractivity (Wildman–Crippen MR) is 98.9 cm³/mol. The lowest BCUT2D eigenvalue weighted by atomic mass is 10.1. The van der Waals surface area contributed by atoms with Crippen molar-refractivity contribution < 1.29 is 9.59 Å². The third kappa shape index (κ3) is 5.49. The van der Waals surface area contributed by atoms with Crippen molar-refractivity contribution in [1.82, 2.24) is 10.2 Å². The molecule has 2 rings (SSSR count). The van der Waals surface area contributed by atoms with Gasteiger partial charge in [0.1, 0.15) is 0 Å². The summed E-state index contributed by atoms with van der Waals surface area (Å²) < 4.78 is 0.759. The fraction of sp³-hybridized carbons (Fsp3) is 0.263. The molecule has 0 aliphatic carbocycles. The second kappa shape index (κ2) is 9.23. The maximum atomic E-state index is 12.2. The van der Waals surface area contributed by atoms with Gasteiger partial charge in [-0.25, -0.2) is 0 Å². The summed E-state index contributed by atoms with van der Waals surface area (Å²) in [7, 11) is 0. The molecule has 126 valence electrons. The van der Waals surface area contributed by atoms with Gasteiger partial charge >= 0.3 is 0 Å². The number of nitrogens with one attached hydrogen (secondary N) is 1. The van der Waals surface area contributed by atoms with Crippen molar-refractivity contribution in [3.63, 3.8) is 0 Å². The third-order valence-electron chi connectivity index (χ3n) is 3.74. The quantitative estimate of drug-likeness (QED) is 0.790. The van der Waals surface area contributed by atoms with Gasteiger partial charge in [-0.05, 0) is 40.0 Å². The van der Waals surface area contributed by atoms with E-state index in [0.717, 1.165) is 10.9 Å². The Balaban J connectivity index is 1.82. The lowest BCUT2D eigenvalue weighted by Gasteiger charge is -2.21. The highest BCUT2D eigenvalue weighted by Crippen LogP contribution is 2.15. The molecule has 2 aromatic rings. The average molecular weight is 389 g/mol. The molecule has 0 unspecified atom stereocenters. The van der Waals surface area contributed by atoms with Gasteiger partial charge in [-0.2, -0.15) is 0 Å². The van der Waals surface area contributed by atoms with Crippen LogP contribution in [0.2, 0.25) is 0 Å². The van der Waals surface area contributed by atoms with Crippen LogP contribution in [-0.4, -0.2) is 36.3 Å². The Morgan fingerprint density at radius 2 is 1.67 bits per heavy atom. The molecule has 0 fully saturated rings. The molecule has 2 amide bonds. The van der Waals surface area contributed by atoms with Gasteiger partial charge in [0, 0.05) is 31.0 Å². The Bertz CT molecular complexity index is 689. The highest BCUT2D eigenvalue weighted by Gasteiger charge is 2.11. The molecular weight excluding hydrogens is 368 g/mol. The summed E-state index contributed by atoms with van der Waals surface area (Å²) in [6.45, 7) is 3.12. The molecule has 0 aliphatic heterocycles. The highest BCUT2D eigenvalue weighted by atomic mass is 79.9. The van der Waals surface area contributed by atoms with Crippen LogP contribution in [0.3, 0.4) is 0 Å². The summed E-state index contributed by atoms with van der Waals surface area (Å²) in [5.74, 6) is -0.130. The first-order valence-electron chi connectivity index (χ1n) is 7.90. The smallest absolute Gasteiger partial charge is 0.252 e. The van der Waals surface area contributed by atoms with Gasteiger partial charge in [-0.15, -0.1) is 0 Å². The van der Waals surface area contributed by atoms with E-state index in [9.17, 15) is 9.59 Å². The van der Waals surface area contributed by atoms with Crippen molar-refractivity contribution in [2.45, 2.75) is 13.3 Å². The van der Waals surface area contributed by atoms with Crippen molar-refractivity contribution in [3.05, 3.63) is 70.2 Å². The zero-order valence-electron chi connectivity index (χ0n) is 13.7. The fourth-order valence-electron chi connectivity index (χ4n) is 2.38. The van der Waals surface area contributed by atoms with Crippen LogP contribution >= 0.6 is 15.9 Å². The zero-order chi connectivity index (χ0) is 17.4. The van der Waals surface area contributed by atoms with E-state index in [4.69, 9.17) is 0 Å². The van der Waals surface area contributed by atoms with Gasteiger partial charge < -0.3 is 10.2 Å².